The summed E-state index contributed by atoms with van der Waals surface area (Å²) in [5.74, 6) is 0.319. The lowest BCUT2D eigenvalue weighted by Gasteiger charge is -2.25. The second-order valence-electron chi connectivity index (χ2n) is 7.35. The Morgan fingerprint density at radius 2 is 1.65 bits per heavy atom. The highest BCUT2D eigenvalue weighted by molar-refractivity contribution is 7.92. The standard InChI is InChI=1S/C24H26N2O4S/c1-18(2)25-24(27)20-10-7-11-23(16-20)31(28,29)26(17-19-8-5-4-6-9-19)21-12-14-22(30-3)15-13-21/h4-16,18H,17H2,1-3H3,(H,25,27). The maximum atomic E-state index is 13.7. The van der Waals surface area contributed by atoms with E-state index < -0.39 is 10.0 Å². The molecule has 1 amide bonds. The predicted octanol–water partition coefficient (Wildman–Crippen LogP) is 4.23. The van der Waals surface area contributed by atoms with E-state index >= 15 is 0 Å². The number of methoxy groups -OCH3 is 1. The van der Waals surface area contributed by atoms with Crippen LogP contribution in [0.25, 0.3) is 0 Å². The molecule has 0 fully saturated rings. The zero-order chi connectivity index (χ0) is 22.4. The molecule has 0 saturated heterocycles. The van der Waals surface area contributed by atoms with E-state index in [-0.39, 0.29) is 23.4 Å². The average molecular weight is 439 g/mol. The molecular formula is C24H26N2O4S. The van der Waals surface area contributed by atoms with Gasteiger partial charge in [-0.15, -0.1) is 0 Å². The second-order valence-corrected chi connectivity index (χ2v) is 9.21. The number of carbonyl (C=O) groups excluding carboxylic acids is 1. The Bertz CT molecular complexity index is 1130. The van der Waals surface area contributed by atoms with Gasteiger partial charge in [-0.3, -0.25) is 9.10 Å². The third kappa shape index (κ3) is 5.44. The SMILES string of the molecule is COc1ccc(N(Cc2ccccc2)S(=O)(=O)c2cccc(C(=O)NC(C)C)c2)cc1. The van der Waals surface area contributed by atoms with Crippen LogP contribution in [0.4, 0.5) is 5.69 Å². The molecule has 0 heterocycles. The molecule has 0 radical (unpaired) electrons. The van der Waals surface area contributed by atoms with Crippen molar-refractivity contribution in [2.24, 2.45) is 0 Å². The van der Waals surface area contributed by atoms with Crippen LogP contribution in [0.2, 0.25) is 0 Å². The van der Waals surface area contributed by atoms with Crippen molar-refractivity contribution in [2.75, 3.05) is 11.4 Å². The first-order chi connectivity index (χ1) is 14.8. The van der Waals surface area contributed by atoms with Gasteiger partial charge in [-0.05, 0) is 61.9 Å². The molecule has 7 heteroatoms. The van der Waals surface area contributed by atoms with Crippen molar-refractivity contribution in [3.63, 3.8) is 0 Å². The van der Waals surface area contributed by atoms with Gasteiger partial charge in [-0.2, -0.15) is 0 Å². The molecule has 162 valence electrons. The molecule has 1 N–H and O–H groups in total. The number of rotatable bonds is 8. The minimum atomic E-state index is -3.94. The van der Waals surface area contributed by atoms with Gasteiger partial charge in [0.05, 0.1) is 24.2 Å². The van der Waals surface area contributed by atoms with E-state index in [0.29, 0.717) is 17.0 Å². The van der Waals surface area contributed by atoms with Crippen LogP contribution in [0.3, 0.4) is 0 Å². The van der Waals surface area contributed by atoms with Crippen molar-refractivity contribution in [3.05, 3.63) is 90.0 Å². The maximum Gasteiger partial charge on any atom is 0.264 e. The number of ether oxygens (including phenoxy) is 1. The summed E-state index contributed by atoms with van der Waals surface area (Å²) in [5, 5.41) is 2.79. The zero-order valence-electron chi connectivity index (χ0n) is 17.8. The monoisotopic (exact) mass is 438 g/mol. The van der Waals surface area contributed by atoms with Crippen molar-refractivity contribution in [2.45, 2.75) is 31.3 Å². The number of nitrogens with zero attached hydrogens (tertiary/aromatic N) is 1. The van der Waals surface area contributed by atoms with Gasteiger partial charge in [-0.25, -0.2) is 8.42 Å². The van der Waals surface area contributed by atoms with Gasteiger partial charge >= 0.3 is 0 Å². The molecule has 0 aliphatic rings. The molecule has 3 rings (SSSR count). The Hall–Kier alpha value is -3.32. The van der Waals surface area contributed by atoms with Crippen LogP contribution in [0.15, 0.2) is 83.8 Å². The fourth-order valence-corrected chi connectivity index (χ4v) is 4.58. The van der Waals surface area contributed by atoms with Crippen LogP contribution in [-0.4, -0.2) is 27.5 Å². The summed E-state index contributed by atoms with van der Waals surface area (Å²) in [4.78, 5) is 12.5. The topological polar surface area (TPSA) is 75.7 Å². The molecule has 0 spiro atoms. The molecule has 0 aliphatic carbocycles. The molecule has 3 aromatic rings. The molecule has 3 aromatic carbocycles. The fraction of sp³-hybridized carbons (Fsp3) is 0.208. The predicted molar refractivity (Wildman–Crippen MR) is 122 cm³/mol. The number of hydrogen-bond acceptors (Lipinski definition) is 4. The molecule has 0 aromatic heterocycles. The van der Waals surface area contributed by atoms with Crippen LogP contribution < -0.4 is 14.4 Å². The molecule has 0 saturated carbocycles. The number of amides is 1. The highest BCUT2D eigenvalue weighted by atomic mass is 32.2. The highest BCUT2D eigenvalue weighted by Crippen LogP contribution is 2.28. The molecule has 6 nitrogen and oxygen atoms in total. The van der Waals surface area contributed by atoms with Crippen LogP contribution >= 0.6 is 0 Å². The lowest BCUT2D eigenvalue weighted by Crippen LogP contribution is -2.32. The van der Waals surface area contributed by atoms with Gasteiger partial charge in [0.15, 0.2) is 0 Å². The number of nitrogens with one attached hydrogen (secondary N) is 1. The summed E-state index contributed by atoms with van der Waals surface area (Å²) < 4.78 is 33.8. The van der Waals surface area contributed by atoms with Gasteiger partial charge in [0.25, 0.3) is 15.9 Å². The molecule has 0 unspecified atom stereocenters. The largest absolute Gasteiger partial charge is 0.497 e. The van der Waals surface area contributed by atoms with Gasteiger partial charge in [0.1, 0.15) is 5.75 Å². The third-order valence-corrected chi connectivity index (χ3v) is 6.40. The number of carbonyl (C=O) groups is 1. The summed E-state index contributed by atoms with van der Waals surface area (Å²) >= 11 is 0. The lowest BCUT2D eigenvalue weighted by atomic mass is 10.2. The first-order valence-electron chi connectivity index (χ1n) is 9.93. The van der Waals surface area contributed by atoms with E-state index in [1.54, 1.807) is 43.5 Å². The highest BCUT2D eigenvalue weighted by Gasteiger charge is 2.26. The van der Waals surface area contributed by atoms with Gasteiger partial charge < -0.3 is 10.1 Å². The maximum absolute atomic E-state index is 13.7. The van der Waals surface area contributed by atoms with Crippen LogP contribution in [-0.2, 0) is 16.6 Å². The van der Waals surface area contributed by atoms with Crippen LogP contribution in [0.1, 0.15) is 29.8 Å². The molecule has 31 heavy (non-hydrogen) atoms. The Balaban J connectivity index is 2.03. The van der Waals surface area contributed by atoms with E-state index in [0.717, 1.165) is 5.56 Å². The zero-order valence-corrected chi connectivity index (χ0v) is 18.6. The number of benzene rings is 3. The first-order valence-corrected chi connectivity index (χ1v) is 11.4. The third-order valence-electron chi connectivity index (χ3n) is 4.63. The minimum Gasteiger partial charge on any atom is -0.497 e. The summed E-state index contributed by atoms with van der Waals surface area (Å²) in [5.41, 5.74) is 1.64. The number of hydrogen-bond donors (Lipinski definition) is 1. The molecule has 0 atom stereocenters. The molecular weight excluding hydrogens is 412 g/mol. The quantitative estimate of drug-likeness (QED) is 0.571. The van der Waals surface area contributed by atoms with Crippen molar-refractivity contribution in [3.8, 4) is 5.75 Å². The van der Waals surface area contributed by atoms with E-state index in [1.807, 2.05) is 44.2 Å². The average Bonchev–Trinajstić information content (AvgIpc) is 2.78. The van der Waals surface area contributed by atoms with Gasteiger partial charge in [0.2, 0.25) is 0 Å². The van der Waals surface area contributed by atoms with Crippen molar-refractivity contribution < 1.29 is 17.9 Å². The van der Waals surface area contributed by atoms with Gasteiger partial charge in [0, 0.05) is 11.6 Å². The smallest absolute Gasteiger partial charge is 0.264 e. The number of anilines is 1. The molecule has 0 bridgehead atoms. The van der Waals surface area contributed by atoms with Crippen molar-refractivity contribution in [1.29, 1.82) is 0 Å². The van der Waals surface area contributed by atoms with E-state index in [9.17, 15) is 13.2 Å². The normalized spacial score (nSPS) is 11.2. The van der Waals surface area contributed by atoms with Crippen molar-refractivity contribution >= 4 is 21.6 Å². The van der Waals surface area contributed by atoms with E-state index in [2.05, 4.69) is 5.32 Å². The molecule has 0 aliphatic heterocycles. The lowest BCUT2D eigenvalue weighted by molar-refractivity contribution is 0.0943. The summed E-state index contributed by atoms with van der Waals surface area (Å²) in [7, 11) is -2.39. The summed E-state index contributed by atoms with van der Waals surface area (Å²) in [6, 6.07) is 22.2. The second kappa shape index (κ2) is 9.66. The first kappa shape index (κ1) is 22.4. The van der Waals surface area contributed by atoms with Crippen molar-refractivity contribution in [1.82, 2.24) is 5.32 Å². The van der Waals surface area contributed by atoms with Crippen LogP contribution in [0, 0.1) is 0 Å². The van der Waals surface area contributed by atoms with Crippen LogP contribution in [0.5, 0.6) is 5.75 Å². The van der Waals surface area contributed by atoms with E-state index in [4.69, 9.17) is 4.74 Å². The Labute approximate surface area is 183 Å². The Kier molecular flexibility index (Phi) is 6.97. The fourth-order valence-electron chi connectivity index (χ4n) is 3.08. The summed E-state index contributed by atoms with van der Waals surface area (Å²) in [6.45, 7) is 3.85. The number of sulfonamides is 1. The van der Waals surface area contributed by atoms with E-state index in [1.165, 1.54) is 16.4 Å². The Morgan fingerprint density at radius 3 is 2.26 bits per heavy atom. The minimum absolute atomic E-state index is 0.0515. The van der Waals surface area contributed by atoms with Gasteiger partial charge in [-0.1, -0.05) is 36.4 Å². The summed E-state index contributed by atoms with van der Waals surface area (Å²) in [6.07, 6.45) is 0. The Morgan fingerprint density at radius 1 is 0.968 bits per heavy atom.